The number of para-hydroxylation sites is 3. The number of nitrogens with zero attached hydrogens (tertiary/aromatic N) is 5. The summed E-state index contributed by atoms with van der Waals surface area (Å²) in [4.78, 5) is 15.7. The van der Waals surface area contributed by atoms with Gasteiger partial charge in [-0.15, -0.1) is 0 Å². The van der Waals surface area contributed by atoms with Gasteiger partial charge in [0.2, 0.25) is 5.78 Å². The van der Waals surface area contributed by atoms with Crippen LogP contribution in [0.2, 0.25) is 0 Å². The summed E-state index contributed by atoms with van der Waals surface area (Å²) in [7, 11) is 0. The number of rotatable bonds is 5. The summed E-state index contributed by atoms with van der Waals surface area (Å²) in [6.45, 7) is 0. The monoisotopic (exact) mass is 641 g/mol. The molecule has 5 nitrogen and oxygen atoms in total. The van der Waals surface area contributed by atoms with E-state index in [-0.39, 0.29) is 5.92 Å². The molecule has 3 aromatic heterocycles. The summed E-state index contributed by atoms with van der Waals surface area (Å²) in [6.07, 6.45) is 0.819. The highest BCUT2D eigenvalue weighted by molar-refractivity contribution is 5.87. The van der Waals surface area contributed by atoms with Crippen molar-refractivity contribution in [2.45, 2.75) is 12.3 Å². The van der Waals surface area contributed by atoms with E-state index in [0.717, 1.165) is 68.5 Å². The molecular weight excluding hydrogens is 611 g/mol. The topological polar surface area (TPSA) is 48.0 Å². The summed E-state index contributed by atoms with van der Waals surface area (Å²) in [6, 6.07) is 59.6. The van der Waals surface area contributed by atoms with Crippen LogP contribution in [0.1, 0.15) is 22.7 Å². The Kier molecular flexibility index (Phi) is 6.56. The predicted octanol–water partition coefficient (Wildman–Crippen LogP) is 10.4. The molecule has 0 radical (unpaired) electrons. The lowest BCUT2D eigenvalue weighted by molar-refractivity contribution is 0.768. The van der Waals surface area contributed by atoms with Crippen molar-refractivity contribution in [1.82, 2.24) is 23.9 Å². The first kappa shape index (κ1) is 28.4. The smallest absolute Gasteiger partial charge is 0.220 e. The van der Waals surface area contributed by atoms with Gasteiger partial charge < -0.3 is 0 Å². The fourth-order valence-corrected chi connectivity index (χ4v) is 7.63. The van der Waals surface area contributed by atoms with Crippen LogP contribution in [-0.2, 0) is 6.42 Å². The lowest BCUT2D eigenvalue weighted by atomic mass is 9.79. The van der Waals surface area contributed by atoms with E-state index >= 15 is 0 Å². The molecule has 3 heterocycles. The average Bonchev–Trinajstić information content (AvgIpc) is 3.73. The highest BCUT2D eigenvalue weighted by Crippen LogP contribution is 2.44. The van der Waals surface area contributed by atoms with Crippen molar-refractivity contribution >= 4 is 16.8 Å². The molecular formula is C45H31N5. The van der Waals surface area contributed by atoms with Crippen LogP contribution < -0.4 is 0 Å². The van der Waals surface area contributed by atoms with E-state index in [2.05, 4.69) is 167 Å². The predicted molar refractivity (Wildman–Crippen MR) is 201 cm³/mol. The van der Waals surface area contributed by atoms with E-state index in [1.807, 2.05) is 12.1 Å². The largest absolute Gasteiger partial charge is 0.280 e. The van der Waals surface area contributed by atoms with Crippen molar-refractivity contribution in [2.75, 3.05) is 0 Å². The molecule has 0 amide bonds. The highest BCUT2D eigenvalue weighted by atomic mass is 15.2. The number of fused-ring (bicyclic) bond motifs is 7. The van der Waals surface area contributed by atoms with Crippen molar-refractivity contribution < 1.29 is 0 Å². The zero-order chi connectivity index (χ0) is 33.0. The first-order valence-electron chi connectivity index (χ1n) is 17.1. The van der Waals surface area contributed by atoms with Gasteiger partial charge in [0, 0.05) is 40.3 Å². The molecule has 1 atom stereocenters. The van der Waals surface area contributed by atoms with E-state index in [0.29, 0.717) is 0 Å². The number of benzene rings is 6. The normalized spacial score (nSPS) is 13.7. The Labute approximate surface area is 289 Å². The van der Waals surface area contributed by atoms with Crippen molar-refractivity contribution in [3.05, 3.63) is 187 Å². The Hall–Kier alpha value is -6.59. The molecule has 50 heavy (non-hydrogen) atoms. The van der Waals surface area contributed by atoms with Crippen molar-refractivity contribution in [3.63, 3.8) is 0 Å². The van der Waals surface area contributed by atoms with E-state index in [4.69, 9.17) is 15.0 Å². The molecule has 0 bridgehead atoms. The molecule has 10 rings (SSSR count). The maximum absolute atomic E-state index is 5.38. The van der Waals surface area contributed by atoms with Gasteiger partial charge in [-0.3, -0.25) is 8.97 Å². The summed E-state index contributed by atoms with van der Waals surface area (Å²) >= 11 is 0. The SMILES string of the molecule is c1ccc(-c2cc(-c3ccccc3)nc(-c3cccc(C4Cc5c(nc6n(-c7ccccc7)c7ccccc7n56)-c5ccccc54)c3)n2)cc1. The van der Waals surface area contributed by atoms with E-state index < -0.39 is 0 Å². The zero-order valence-electron chi connectivity index (χ0n) is 27.2. The second kappa shape index (κ2) is 11.5. The summed E-state index contributed by atoms with van der Waals surface area (Å²) in [5, 5.41) is 0. The lowest BCUT2D eigenvalue weighted by Gasteiger charge is -2.26. The Morgan fingerprint density at radius 1 is 0.500 bits per heavy atom. The minimum Gasteiger partial charge on any atom is -0.280 e. The van der Waals surface area contributed by atoms with Crippen LogP contribution in [0.4, 0.5) is 0 Å². The van der Waals surface area contributed by atoms with Gasteiger partial charge >= 0.3 is 0 Å². The minimum absolute atomic E-state index is 0.128. The van der Waals surface area contributed by atoms with E-state index in [9.17, 15) is 0 Å². The summed E-state index contributed by atoms with van der Waals surface area (Å²) < 4.78 is 4.66. The molecule has 0 fully saturated rings. The fourth-order valence-electron chi connectivity index (χ4n) is 7.63. The third-order valence-corrected chi connectivity index (χ3v) is 9.93. The van der Waals surface area contributed by atoms with Crippen molar-refractivity contribution in [3.8, 4) is 50.8 Å². The van der Waals surface area contributed by atoms with Gasteiger partial charge in [0.05, 0.1) is 33.8 Å². The second-order valence-corrected chi connectivity index (χ2v) is 12.9. The maximum Gasteiger partial charge on any atom is 0.220 e. The summed E-state index contributed by atoms with van der Waals surface area (Å²) in [5.41, 5.74) is 14.4. The van der Waals surface area contributed by atoms with Gasteiger partial charge in [0.15, 0.2) is 5.82 Å². The van der Waals surface area contributed by atoms with Gasteiger partial charge in [-0.1, -0.05) is 133 Å². The van der Waals surface area contributed by atoms with E-state index in [1.54, 1.807) is 0 Å². The number of aromatic nitrogens is 5. The van der Waals surface area contributed by atoms with Crippen LogP contribution in [-0.4, -0.2) is 23.9 Å². The Morgan fingerprint density at radius 3 is 1.82 bits per heavy atom. The average molecular weight is 642 g/mol. The Bertz CT molecular complexity index is 2620. The molecule has 0 saturated heterocycles. The van der Waals surface area contributed by atoms with Crippen molar-refractivity contribution in [2.24, 2.45) is 0 Å². The number of hydrogen-bond acceptors (Lipinski definition) is 3. The Morgan fingerprint density at radius 2 is 1.10 bits per heavy atom. The minimum atomic E-state index is 0.128. The van der Waals surface area contributed by atoms with Crippen LogP contribution in [0.5, 0.6) is 0 Å². The van der Waals surface area contributed by atoms with Gasteiger partial charge in [0.1, 0.15) is 0 Å². The highest BCUT2D eigenvalue weighted by Gasteiger charge is 2.32. The van der Waals surface area contributed by atoms with Crippen molar-refractivity contribution in [1.29, 1.82) is 0 Å². The summed E-state index contributed by atoms with van der Waals surface area (Å²) in [5.74, 6) is 1.78. The standard InChI is InChI=1S/C45H31N5/c1-4-15-30(16-5-1)38-29-39(31-17-6-2-7-18-31)47-44(46-38)33-20-14-19-32(27-33)37-28-42-43(36-24-11-10-23-35(36)37)48-45-49(34-21-8-3-9-22-34)40-25-12-13-26-41(40)50(42)45/h1-27,29,37H,28H2. The quantitative estimate of drug-likeness (QED) is 0.188. The molecule has 9 aromatic rings. The molecule has 5 heteroatoms. The fraction of sp³-hybridized carbons (Fsp3) is 0.0444. The first-order chi connectivity index (χ1) is 24.8. The zero-order valence-corrected chi connectivity index (χ0v) is 27.2. The van der Waals surface area contributed by atoms with E-state index in [1.165, 1.54) is 22.4 Å². The molecule has 6 aromatic carbocycles. The van der Waals surface area contributed by atoms with Gasteiger partial charge in [-0.05, 0) is 47.5 Å². The molecule has 1 unspecified atom stereocenters. The van der Waals surface area contributed by atoms with Gasteiger partial charge in [0.25, 0.3) is 0 Å². The molecule has 0 spiro atoms. The van der Waals surface area contributed by atoms with Crippen LogP contribution in [0.15, 0.2) is 170 Å². The third-order valence-electron chi connectivity index (χ3n) is 9.93. The number of imidazole rings is 2. The maximum atomic E-state index is 5.38. The second-order valence-electron chi connectivity index (χ2n) is 12.9. The van der Waals surface area contributed by atoms with Crippen LogP contribution in [0.25, 0.3) is 67.7 Å². The lowest BCUT2D eigenvalue weighted by Crippen LogP contribution is -2.14. The van der Waals surface area contributed by atoms with Crippen LogP contribution >= 0.6 is 0 Å². The molecule has 0 saturated carbocycles. The molecule has 236 valence electrons. The van der Waals surface area contributed by atoms with Crippen LogP contribution in [0, 0.1) is 0 Å². The van der Waals surface area contributed by atoms with Gasteiger partial charge in [-0.25, -0.2) is 15.0 Å². The third kappa shape index (κ3) is 4.59. The van der Waals surface area contributed by atoms with Gasteiger partial charge in [-0.2, -0.15) is 0 Å². The molecule has 1 aliphatic rings. The van der Waals surface area contributed by atoms with Crippen LogP contribution in [0.3, 0.4) is 0 Å². The molecule has 0 aliphatic heterocycles. The first-order valence-corrected chi connectivity index (χ1v) is 17.1. The number of hydrogen-bond donors (Lipinski definition) is 0. The molecule has 1 aliphatic carbocycles. The molecule has 0 N–H and O–H groups in total. The Balaban J connectivity index is 1.13.